The largest absolute Gasteiger partial charge is 0.493 e. The summed E-state index contributed by atoms with van der Waals surface area (Å²) in [6, 6.07) is 13.4. The van der Waals surface area contributed by atoms with Crippen LogP contribution in [-0.4, -0.2) is 47.8 Å². The maximum atomic E-state index is 13.5. The van der Waals surface area contributed by atoms with E-state index in [1.54, 1.807) is 23.8 Å². The molecule has 0 spiro atoms. The number of nitrogens with one attached hydrogen (secondary N) is 1. The third kappa shape index (κ3) is 3.83. The molecule has 170 valence electrons. The second-order valence-corrected chi connectivity index (χ2v) is 10.6. The normalized spacial score (nSPS) is 21.7. The van der Waals surface area contributed by atoms with E-state index in [4.69, 9.17) is 9.47 Å². The zero-order valence-electron chi connectivity index (χ0n) is 19.2. The van der Waals surface area contributed by atoms with Gasteiger partial charge >= 0.3 is 0 Å². The van der Waals surface area contributed by atoms with Gasteiger partial charge in [0.05, 0.1) is 19.8 Å². The van der Waals surface area contributed by atoms with Crippen molar-refractivity contribution in [1.29, 1.82) is 0 Å². The molecule has 0 radical (unpaired) electrons. The summed E-state index contributed by atoms with van der Waals surface area (Å²) in [7, 11) is 3.08. The van der Waals surface area contributed by atoms with E-state index in [2.05, 4.69) is 17.4 Å². The lowest BCUT2D eigenvalue weighted by atomic mass is 9.99. The molecule has 2 amide bonds. The van der Waals surface area contributed by atoms with E-state index in [0.29, 0.717) is 17.1 Å². The Morgan fingerprint density at radius 3 is 2.53 bits per heavy atom. The maximum Gasteiger partial charge on any atom is 0.260 e. The lowest BCUT2D eigenvalue weighted by Gasteiger charge is -2.30. The lowest BCUT2D eigenvalue weighted by Crippen LogP contribution is -2.54. The Labute approximate surface area is 193 Å². The van der Waals surface area contributed by atoms with E-state index in [1.165, 1.54) is 12.7 Å². The van der Waals surface area contributed by atoms with E-state index in [9.17, 15) is 9.59 Å². The Balaban J connectivity index is 1.54. The summed E-state index contributed by atoms with van der Waals surface area (Å²) < 4.78 is 10.5. The molecule has 6 nitrogen and oxygen atoms in total. The quantitative estimate of drug-likeness (QED) is 0.680. The number of thioether (sulfide) groups is 1. The molecular weight excluding hydrogens is 424 g/mol. The van der Waals surface area contributed by atoms with Crippen molar-refractivity contribution in [1.82, 2.24) is 10.2 Å². The molecule has 2 aliphatic rings. The van der Waals surface area contributed by atoms with E-state index in [0.717, 1.165) is 18.4 Å². The highest BCUT2D eigenvalue weighted by Crippen LogP contribution is 2.58. The predicted octanol–water partition coefficient (Wildman–Crippen LogP) is 4.19. The van der Waals surface area contributed by atoms with E-state index in [-0.39, 0.29) is 23.2 Å². The first-order valence-electron chi connectivity index (χ1n) is 10.9. The first-order chi connectivity index (χ1) is 15.3. The highest BCUT2D eigenvalue weighted by molar-refractivity contribution is 8.01. The first-order valence-corrected chi connectivity index (χ1v) is 11.8. The van der Waals surface area contributed by atoms with Crippen LogP contribution in [0.15, 0.2) is 42.5 Å². The molecule has 32 heavy (non-hydrogen) atoms. The standard InChI is InChI=1S/C25H30N2O4S/c1-15(11-12-16-9-7-6-8-10-16)26-22(28)21-25(2,3)32-24-17-13-14-18(30-4)20(31-5)19(17)23(29)27(21)24/h6-10,13-15,21,24H,11-12H2,1-5H3,(H,26,28). The highest BCUT2D eigenvalue weighted by atomic mass is 32.2. The number of hydrogen-bond acceptors (Lipinski definition) is 5. The number of hydrogen-bond donors (Lipinski definition) is 1. The van der Waals surface area contributed by atoms with Crippen LogP contribution in [0.4, 0.5) is 0 Å². The van der Waals surface area contributed by atoms with Crippen molar-refractivity contribution in [3.05, 3.63) is 59.2 Å². The summed E-state index contributed by atoms with van der Waals surface area (Å²) in [5, 5.41) is 2.94. The van der Waals surface area contributed by atoms with Crippen molar-refractivity contribution in [2.45, 2.75) is 55.8 Å². The van der Waals surface area contributed by atoms with E-state index >= 15 is 0 Å². The molecule has 3 atom stereocenters. The number of aryl methyl sites for hydroxylation is 1. The molecule has 3 unspecified atom stereocenters. The zero-order chi connectivity index (χ0) is 23.0. The SMILES string of the molecule is COc1ccc2c(c1OC)C(=O)N1C2SC(C)(C)C1C(=O)NC(C)CCc1ccccc1. The molecule has 1 N–H and O–H groups in total. The summed E-state index contributed by atoms with van der Waals surface area (Å²) in [4.78, 5) is 28.7. The summed E-state index contributed by atoms with van der Waals surface area (Å²) in [6.07, 6.45) is 1.72. The van der Waals surface area contributed by atoms with Gasteiger partial charge in [0, 0.05) is 16.4 Å². The molecule has 2 aliphatic heterocycles. The van der Waals surface area contributed by atoms with Gasteiger partial charge in [-0.25, -0.2) is 0 Å². The second kappa shape index (κ2) is 8.70. The third-order valence-electron chi connectivity index (χ3n) is 6.24. The fraction of sp³-hybridized carbons (Fsp3) is 0.440. The fourth-order valence-electron chi connectivity index (χ4n) is 4.68. The van der Waals surface area contributed by atoms with Gasteiger partial charge in [-0.3, -0.25) is 9.59 Å². The Bertz CT molecular complexity index is 1020. The van der Waals surface area contributed by atoms with Crippen LogP contribution in [-0.2, 0) is 11.2 Å². The number of nitrogens with zero attached hydrogens (tertiary/aromatic N) is 1. The molecule has 7 heteroatoms. The molecular formula is C25H30N2O4S. The monoisotopic (exact) mass is 454 g/mol. The molecule has 0 bridgehead atoms. The van der Waals surface area contributed by atoms with Crippen LogP contribution in [0.25, 0.3) is 0 Å². The van der Waals surface area contributed by atoms with Crippen molar-refractivity contribution in [3.8, 4) is 11.5 Å². The van der Waals surface area contributed by atoms with Crippen molar-refractivity contribution in [2.24, 2.45) is 0 Å². The van der Waals surface area contributed by atoms with E-state index < -0.39 is 10.8 Å². The van der Waals surface area contributed by atoms with Gasteiger partial charge in [-0.05, 0) is 45.2 Å². The molecule has 0 saturated carbocycles. The number of amides is 2. The number of benzene rings is 2. The minimum Gasteiger partial charge on any atom is -0.493 e. The average Bonchev–Trinajstić information content (AvgIpc) is 3.21. The summed E-state index contributed by atoms with van der Waals surface area (Å²) in [6.45, 7) is 6.08. The molecule has 0 aromatic heterocycles. The average molecular weight is 455 g/mol. The maximum absolute atomic E-state index is 13.5. The van der Waals surface area contributed by atoms with Gasteiger partial charge in [0.15, 0.2) is 11.5 Å². The highest BCUT2D eigenvalue weighted by Gasteiger charge is 2.58. The van der Waals surface area contributed by atoms with Gasteiger partial charge < -0.3 is 19.7 Å². The molecule has 4 rings (SSSR count). The Morgan fingerprint density at radius 2 is 1.88 bits per heavy atom. The third-order valence-corrected chi connectivity index (χ3v) is 7.78. The number of methoxy groups -OCH3 is 2. The van der Waals surface area contributed by atoms with Crippen LogP contribution in [0, 0.1) is 0 Å². The Kier molecular flexibility index (Phi) is 6.12. The zero-order valence-corrected chi connectivity index (χ0v) is 20.0. The smallest absolute Gasteiger partial charge is 0.260 e. The predicted molar refractivity (Wildman–Crippen MR) is 126 cm³/mol. The van der Waals surface area contributed by atoms with Gasteiger partial charge in [-0.15, -0.1) is 11.8 Å². The van der Waals surface area contributed by atoms with Gasteiger partial charge in [-0.2, -0.15) is 0 Å². The second-order valence-electron chi connectivity index (χ2n) is 8.89. The molecule has 2 aromatic rings. The van der Waals surface area contributed by atoms with Crippen LogP contribution in [0.2, 0.25) is 0 Å². The van der Waals surface area contributed by atoms with Crippen molar-refractivity contribution in [3.63, 3.8) is 0 Å². The van der Waals surface area contributed by atoms with E-state index in [1.807, 2.05) is 51.1 Å². The van der Waals surface area contributed by atoms with Crippen molar-refractivity contribution < 1.29 is 19.1 Å². The number of carbonyl (C=O) groups excluding carboxylic acids is 2. The lowest BCUT2D eigenvalue weighted by molar-refractivity contribution is -0.126. The molecule has 2 heterocycles. The summed E-state index contributed by atoms with van der Waals surface area (Å²) in [5.74, 6) is 0.646. The first kappa shape index (κ1) is 22.5. The van der Waals surface area contributed by atoms with Gasteiger partial charge in [0.1, 0.15) is 11.4 Å². The minimum atomic E-state index is -0.577. The Hall–Kier alpha value is -2.67. The topological polar surface area (TPSA) is 67.9 Å². The minimum absolute atomic E-state index is 0.00253. The number of ether oxygens (including phenoxy) is 2. The van der Waals surface area contributed by atoms with Crippen molar-refractivity contribution >= 4 is 23.6 Å². The summed E-state index contributed by atoms with van der Waals surface area (Å²) in [5.41, 5.74) is 2.62. The van der Waals surface area contributed by atoms with Gasteiger partial charge in [0.25, 0.3) is 5.91 Å². The number of carbonyl (C=O) groups is 2. The van der Waals surface area contributed by atoms with Gasteiger partial charge in [-0.1, -0.05) is 36.4 Å². The summed E-state index contributed by atoms with van der Waals surface area (Å²) >= 11 is 1.64. The van der Waals surface area contributed by atoms with Crippen LogP contribution in [0.1, 0.15) is 54.1 Å². The van der Waals surface area contributed by atoms with Gasteiger partial charge in [0.2, 0.25) is 5.91 Å². The molecule has 0 aliphatic carbocycles. The van der Waals surface area contributed by atoms with Crippen LogP contribution in [0.3, 0.4) is 0 Å². The van der Waals surface area contributed by atoms with Crippen LogP contribution in [0.5, 0.6) is 11.5 Å². The van der Waals surface area contributed by atoms with Crippen molar-refractivity contribution in [2.75, 3.05) is 14.2 Å². The number of rotatable bonds is 7. The Morgan fingerprint density at radius 1 is 1.16 bits per heavy atom. The molecule has 1 fully saturated rings. The fourth-order valence-corrected chi connectivity index (χ4v) is 6.26. The van der Waals surface area contributed by atoms with Crippen LogP contribution < -0.4 is 14.8 Å². The number of fused-ring (bicyclic) bond motifs is 3. The molecule has 1 saturated heterocycles. The van der Waals surface area contributed by atoms with Crippen LogP contribution >= 0.6 is 11.8 Å². The molecule has 2 aromatic carbocycles.